The van der Waals surface area contributed by atoms with Crippen LogP contribution in [0, 0.1) is 47.3 Å². The summed E-state index contributed by atoms with van der Waals surface area (Å²) in [4.78, 5) is 0. The molecule has 0 spiro atoms. The van der Waals surface area contributed by atoms with E-state index in [1.165, 1.54) is 0 Å². The van der Waals surface area contributed by atoms with Crippen molar-refractivity contribution in [3.05, 3.63) is 0 Å². The van der Waals surface area contributed by atoms with Gasteiger partial charge in [0.25, 0.3) is 0 Å². The smallest absolute Gasteiger partial charge is 0.0546 e. The Bertz CT molecular complexity index is 312. The lowest BCUT2D eigenvalue weighted by Gasteiger charge is -2.45. The maximum Gasteiger partial charge on any atom is 0.0546 e. The van der Waals surface area contributed by atoms with Crippen LogP contribution in [0.15, 0.2) is 0 Å². The molecule has 21 heavy (non-hydrogen) atoms. The molecule has 2 unspecified atom stereocenters. The summed E-state index contributed by atoms with van der Waals surface area (Å²) in [6.07, 6.45) is 0. The van der Waals surface area contributed by atoms with Gasteiger partial charge >= 0.3 is 0 Å². The van der Waals surface area contributed by atoms with E-state index in [1.54, 1.807) is 0 Å². The van der Waals surface area contributed by atoms with Crippen molar-refractivity contribution in [2.75, 3.05) is 0 Å². The minimum absolute atomic E-state index is 0.915. The van der Waals surface area contributed by atoms with E-state index in [0.717, 1.165) is 58.4 Å². The maximum absolute atomic E-state index is 2.75. The molecule has 0 aromatic heterocycles. The second kappa shape index (κ2) is 5.69. The Morgan fingerprint density at radius 1 is 0.381 bits per heavy atom. The molecule has 0 N–H and O–H groups in total. The fraction of sp³-hybridized carbons (Fsp3) is 1.00. The number of hydrogen-bond donors (Lipinski definition) is 0. The van der Waals surface area contributed by atoms with Gasteiger partial charge in [0, 0.05) is 0 Å². The molecule has 124 valence electrons. The van der Waals surface area contributed by atoms with Crippen LogP contribution in [0.2, 0.25) is 24.2 Å². The van der Waals surface area contributed by atoms with E-state index in [0.29, 0.717) is 0 Å². The van der Waals surface area contributed by atoms with Crippen LogP contribution in [0.25, 0.3) is 0 Å². The predicted octanol–water partition coefficient (Wildman–Crippen LogP) is 6.55. The Morgan fingerprint density at radius 3 is 0.762 bits per heavy atom. The second-order valence-electron chi connectivity index (χ2n) is 9.75. The van der Waals surface area contributed by atoms with Crippen molar-refractivity contribution in [2.24, 2.45) is 47.3 Å². The van der Waals surface area contributed by atoms with Crippen LogP contribution in [0.1, 0.15) is 55.4 Å². The Balaban J connectivity index is 2.34. The number of rotatable bonds is 2. The molecule has 2 aliphatic rings. The Morgan fingerprint density at radius 2 is 0.571 bits per heavy atom. The molecule has 0 nitrogen and oxygen atoms in total. The molecule has 0 bridgehead atoms. The van der Waals surface area contributed by atoms with E-state index >= 15 is 0 Å². The first-order chi connectivity index (χ1) is 9.53. The lowest BCUT2D eigenvalue weighted by Crippen LogP contribution is -2.45. The summed E-state index contributed by atoms with van der Waals surface area (Å²) in [5.74, 6) is 7.39. The van der Waals surface area contributed by atoms with Gasteiger partial charge in [0.05, 0.1) is 8.07 Å². The van der Waals surface area contributed by atoms with Crippen molar-refractivity contribution in [2.45, 2.75) is 79.6 Å². The zero-order valence-corrected chi connectivity index (χ0v) is 17.3. The summed E-state index contributed by atoms with van der Waals surface area (Å²) in [5.41, 5.74) is 2.05. The van der Waals surface area contributed by atoms with Gasteiger partial charge < -0.3 is 0 Å². The van der Waals surface area contributed by atoms with Gasteiger partial charge in [-0.3, -0.25) is 0 Å². The number of hydrogen-bond acceptors (Lipinski definition) is 0. The van der Waals surface area contributed by atoms with Crippen LogP contribution in [0.3, 0.4) is 0 Å². The summed E-state index contributed by atoms with van der Waals surface area (Å²) in [6, 6.07) is 0. The van der Waals surface area contributed by atoms with Crippen molar-refractivity contribution in [1.29, 1.82) is 0 Å². The van der Waals surface area contributed by atoms with Crippen LogP contribution < -0.4 is 0 Å². The summed E-state index contributed by atoms with van der Waals surface area (Å²) in [7, 11) is -1.26. The molecular weight excluding hydrogens is 268 g/mol. The summed E-state index contributed by atoms with van der Waals surface area (Å²) < 4.78 is 0. The minimum atomic E-state index is -1.26. The summed E-state index contributed by atoms with van der Waals surface area (Å²) in [5, 5.41) is 0. The third-order valence-electron chi connectivity index (χ3n) is 8.96. The molecule has 0 aliphatic heterocycles. The first-order valence-electron chi connectivity index (χ1n) is 9.53. The lowest BCUT2D eigenvalue weighted by molar-refractivity contribution is 0.352. The van der Waals surface area contributed by atoms with E-state index in [4.69, 9.17) is 0 Å². The van der Waals surface area contributed by atoms with Gasteiger partial charge in [0.1, 0.15) is 0 Å². The third kappa shape index (κ3) is 2.46. The van der Waals surface area contributed by atoms with Gasteiger partial charge in [-0.2, -0.15) is 0 Å². The monoisotopic (exact) mass is 308 g/mol. The summed E-state index contributed by atoms with van der Waals surface area (Å²) in [6.45, 7) is 25.8. The van der Waals surface area contributed by atoms with Gasteiger partial charge in [-0.15, -0.1) is 0 Å². The minimum Gasteiger partial charge on any atom is -0.0689 e. The SMILES string of the molecule is C[C@@H]1[C@H](C)[C@H](C)C([Si](C)(C)C2[C@@H](C)[C@@H](C)[C@@H](C)[C@H]2C)[C@@H]1C. The van der Waals surface area contributed by atoms with E-state index in [-0.39, 0.29) is 0 Å². The summed E-state index contributed by atoms with van der Waals surface area (Å²) >= 11 is 0. The first-order valence-corrected chi connectivity index (χ1v) is 12.7. The van der Waals surface area contributed by atoms with Crippen LogP contribution in [-0.2, 0) is 0 Å². The molecule has 0 aromatic rings. The highest BCUT2D eigenvalue weighted by Crippen LogP contribution is 2.62. The van der Waals surface area contributed by atoms with E-state index in [1.807, 2.05) is 0 Å². The second-order valence-corrected chi connectivity index (χ2v) is 14.7. The van der Waals surface area contributed by atoms with E-state index in [2.05, 4.69) is 68.5 Å². The maximum atomic E-state index is 2.75. The van der Waals surface area contributed by atoms with Crippen molar-refractivity contribution in [3.8, 4) is 0 Å². The van der Waals surface area contributed by atoms with Crippen molar-refractivity contribution in [1.82, 2.24) is 0 Å². The molecule has 2 saturated carbocycles. The predicted molar refractivity (Wildman–Crippen MR) is 98.3 cm³/mol. The Kier molecular flexibility index (Phi) is 4.76. The Labute approximate surface area is 135 Å². The highest BCUT2D eigenvalue weighted by atomic mass is 28.3. The largest absolute Gasteiger partial charge is 0.0689 e. The molecule has 10 atom stereocenters. The topological polar surface area (TPSA) is 0 Å². The highest BCUT2D eigenvalue weighted by Gasteiger charge is 2.57. The molecule has 2 rings (SSSR count). The average molecular weight is 309 g/mol. The Hall–Kier alpha value is 0.217. The van der Waals surface area contributed by atoms with Gasteiger partial charge in [-0.1, -0.05) is 68.5 Å². The molecule has 0 aromatic carbocycles. The van der Waals surface area contributed by atoms with Crippen LogP contribution >= 0.6 is 0 Å². The zero-order chi connectivity index (χ0) is 16.3. The molecular formula is C20H40Si. The molecule has 0 amide bonds. The van der Waals surface area contributed by atoms with Gasteiger partial charge in [0.2, 0.25) is 0 Å². The molecule has 1 heteroatoms. The zero-order valence-electron chi connectivity index (χ0n) is 16.3. The first kappa shape index (κ1) is 17.6. The molecule has 2 aliphatic carbocycles. The molecule has 0 saturated heterocycles. The molecule has 2 fully saturated rings. The molecule has 0 radical (unpaired) electrons. The standard InChI is InChI=1S/C20H40Si/c1-11-12(2)16(6)19(15(11)5)21(9,10)20-17(7)13(3)14(4)18(20)8/h11-20H,1-10H3/t11-,12+,13-,14+,15-,16+,17-,18+,19?,20?. The normalized spacial score (nSPS) is 55.1. The van der Waals surface area contributed by atoms with Crippen LogP contribution in [0.5, 0.6) is 0 Å². The van der Waals surface area contributed by atoms with Crippen molar-refractivity contribution in [3.63, 3.8) is 0 Å². The van der Waals surface area contributed by atoms with Crippen molar-refractivity contribution < 1.29 is 0 Å². The van der Waals surface area contributed by atoms with Gasteiger partial charge in [-0.05, 0) is 58.4 Å². The van der Waals surface area contributed by atoms with E-state index < -0.39 is 8.07 Å². The van der Waals surface area contributed by atoms with Crippen LogP contribution in [0.4, 0.5) is 0 Å². The lowest BCUT2D eigenvalue weighted by atomic mass is 9.92. The van der Waals surface area contributed by atoms with Crippen LogP contribution in [-0.4, -0.2) is 8.07 Å². The van der Waals surface area contributed by atoms with Crippen molar-refractivity contribution >= 4 is 8.07 Å². The molecule has 0 heterocycles. The highest BCUT2D eigenvalue weighted by molar-refractivity contribution is 6.80. The van der Waals surface area contributed by atoms with Gasteiger partial charge in [-0.25, -0.2) is 0 Å². The fourth-order valence-corrected chi connectivity index (χ4v) is 14.2. The van der Waals surface area contributed by atoms with Gasteiger partial charge in [0.15, 0.2) is 0 Å². The quantitative estimate of drug-likeness (QED) is 0.507. The fourth-order valence-electron chi connectivity index (χ4n) is 7.11. The van der Waals surface area contributed by atoms with E-state index in [9.17, 15) is 0 Å². The third-order valence-corrected chi connectivity index (χ3v) is 14.5. The average Bonchev–Trinajstić information content (AvgIpc) is 2.72.